The molecule has 1 aromatic heterocycles. The standard InChI is InChI=1S/C9H12N2O/c12-7-3-1-2-4-9-8-10-5-6-11-9/h5-8H,1-4H2. The van der Waals surface area contributed by atoms with Crippen molar-refractivity contribution in [1.29, 1.82) is 0 Å². The second-order valence-corrected chi connectivity index (χ2v) is 2.61. The smallest absolute Gasteiger partial charge is 0.119 e. The topological polar surface area (TPSA) is 42.9 Å². The van der Waals surface area contributed by atoms with Gasteiger partial charge in [-0.3, -0.25) is 9.97 Å². The van der Waals surface area contributed by atoms with E-state index in [0.29, 0.717) is 6.42 Å². The van der Waals surface area contributed by atoms with Crippen LogP contribution in [-0.4, -0.2) is 16.3 Å². The van der Waals surface area contributed by atoms with E-state index < -0.39 is 0 Å². The Hall–Kier alpha value is -1.25. The van der Waals surface area contributed by atoms with E-state index in [4.69, 9.17) is 0 Å². The summed E-state index contributed by atoms with van der Waals surface area (Å²) in [6.45, 7) is 0. The van der Waals surface area contributed by atoms with Gasteiger partial charge in [0.05, 0.1) is 5.69 Å². The molecular formula is C9H12N2O. The molecule has 0 saturated carbocycles. The number of nitrogens with zero attached hydrogens (tertiary/aromatic N) is 2. The summed E-state index contributed by atoms with van der Waals surface area (Å²) in [6.07, 6.45) is 9.60. The minimum Gasteiger partial charge on any atom is -0.303 e. The fraction of sp³-hybridized carbons (Fsp3) is 0.444. The first-order chi connectivity index (χ1) is 5.93. The van der Waals surface area contributed by atoms with Gasteiger partial charge in [-0.05, 0) is 19.3 Å². The Morgan fingerprint density at radius 2 is 2.25 bits per heavy atom. The lowest BCUT2D eigenvalue weighted by Crippen LogP contribution is -1.90. The van der Waals surface area contributed by atoms with Gasteiger partial charge in [-0.1, -0.05) is 0 Å². The zero-order valence-electron chi connectivity index (χ0n) is 6.94. The second-order valence-electron chi connectivity index (χ2n) is 2.61. The monoisotopic (exact) mass is 164 g/mol. The zero-order valence-corrected chi connectivity index (χ0v) is 6.94. The lowest BCUT2D eigenvalue weighted by molar-refractivity contribution is -0.107. The lowest BCUT2D eigenvalue weighted by atomic mass is 10.2. The molecule has 0 saturated heterocycles. The first kappa shape index (κ1) is 8.84. The molecule has 0 aliphatic rings. The summed E-state index contributed by atoms with van der Waals surface area (Å²) < 4.78 is 0. The Morgan fingerprint density at radius 3 is 2.92 bits per heavy atom. The van der Waals surface area contributed by atoms with Crippen molar-refractivity contribution in [3.05, 3.63) is 24.3 Å². The molecule has 12 heavy (non-hydrogen) atoms. The number of unbranched alkanes of at least 4 members (excludes halogenated alkanes) is 2. The van der Waals surface area contributed by atoms with Crippen LogP contribution in [0.15, 0.2) is 18.6 Å². The molecule has 3 nitrogen and oxygen atoms in total. The summed E-state index contributed by atoms with van der Waals surface area (Å²) in [5.74, 6) is 0. The first-order valence-electron chi connectivity index (χ1n) is 4.12. The normalized spacial score (nSPS) is 9.67. The molecule has 0 atom stereocenters. The van der Waals surface area contributed by atoms with Gasteiger partial charge in [0, 0.05) is 25.0 Å². The molecular weight excluding hydrogens is 152 g/mol. The van der Waals surface area contributed by atoms with Crippen molar-refractivity contribution in [2.24, 2.45) is 0 Å². The van der Waals surface area contributed by atoms with Crippen LogP contribution in [-0.2, 0) is 11.2 Å². The molecule has 0 aliphatic carbocycles. The predicted molar refractivity (Wildman–Crippen MR) is 45.7 cm³/mol. The average Bonchev–Trinajstić information content (AvgIpc) is 2.14. The van der Waals surface area contributed by atoms with Gasteiger partial charge in [-0.2, -0.15) is 0 Å². The Balaban J connectivity index is 2.20. The van der Waals surface area contributed by atoms with E-state index in [1.54, 1.807) is 18.6 Å². The minimum atomic E-state index is 0.653. The summed E-state index contributed by atoms with van der Waals surface area (Å²) in [4.78, 5) is 18.1. The number of aldehydes is 1. The zero-order chi connectivity index (χ0) is 8.65. The summed E-state index contributed by atoms with van der Waals surface area (Å²) in [6, 6.07) is 0. The summed E-state index contributed by atoms with van der Waals surface area (Å²) >= 11 is 0. The van der Waals surface area contributed by atoms with Gasteiger partial charge in [0.2, 0.25) is 0 Å². The van der Waals surface area contributed by atoms with Crippen LogP contribution in [0.3, 0.4) is 0 Å². The molecule has 1 rings (SSSR count). The van der Waals surface area contributed by atoms with Crippen molar-refractivity contribution >= 4 is 6.29 Å². The van der Waals surface area contributed by atoms with Crippen LogP contribution >= 0.6 is 0 Å². The fourth-order valence-corrected chi connectivity index (χ4v) is 0.993. The molecule has 0 radical (unpaired) electrons. The Labute approximate surface area is 71.9 Å². The molecule has 3 heteroatoms. The SMILES string of the molecule is O=CCCCCc1cnccn1. The van der Waals surface area contributed by atoms with Gasteiger partial charge in [-0.15, -0.1) is 0 Å². The maximum absolute atomic E-state index is 9.99. The van der Waals surface area contributed by atoms with Gasteiger partial charge >= 0.3 is 0 Å². The van der Waals surface area contributed by atoms with E-state index in [9.17, 15) is 4.79 Å². The third-order valence-electron chi connectivity index (χ3n) is 1.62. The van der Waals surface area contributed by atoms with Crippen molar-refractivity contribution < 1.29 is 4.79 Å². The lowest BCUT2D eigenvalue weighted by Gasteiger charge is -1.96. The third kappa shape index (κ3) is 3.23. The van der Waals surface area contributed by atoms with Gasteiger partial charge in [-0.25, -0.2) is 0 Å². The highest BCUT2D eigenvalue weighted by Gasteiger charge is 1.92. The molecule has 64 valence electrons. The average molecular weight is 164 g/mol. The van der Waals surface area contributed by atoms with Crippen LogP contribution in [0, 0.1) is 0 Å². The van der Waals surface area contributed by atoms with E-state index in [-0.39, 0.29) is 0 Å². The maximum atomic E-state index is 9.99. The van der Waals surface area contributed by atoms with Crippen LogP contribution in [0.25, 0.3) is 0 Å². The second kappa shape index (κ2) is 5.41. The van der Waals surface area contributed by atoms with Gasteiger partial charge in [0.15, 0.2) is 0 Å². The molecule has 0 bridgehead atoms. The summed E-state index contributed by atoms with van der Waals surface area (Å²) in [5, 5.41) is 0. The van der Waals surface area contributed by atoms with E-state index in [0.717, 1.165) is 31.2 Å². The van der Waals surface area contributed by atoms with Crippen molar-refractivity contribution in [3.63, 3.8) is 0 Å². The fourth-order valence-electron chi connectivity index (χ4n) is 0.993. The highest BCUT2D eigenvalue weighted by Crippen LogP contribution is 2.00. The Kier molecular flexibility index (Phi) is 3.98. The maximum Gasteiger partial charge on any atom is 0.119 e. The van der Waals surface area contributed by atoms with E-state index >= 15 is 0 Å². The van der Waals surface area contributed by atoms with Crippen LogP contribution in [0.1, 0.15) is 25.0 Å². The molecule has 0 aliphatic heterocycles. The van der Waals surface area contributed by atoms with Crippen LogP contribution < -0.4 is 0 Å². The first-order valence-corrected chi connectivity index (χ1v) is 4.12. The van der Waals surface area contributed by atoms with Crippen LogP contribution in [0.5, 0.6) is 0 Å². The molecule has 0 fully saturated rings. The van der Waals surface area contributed by atoms with Crippen molar-refractivity contribution in [3.8, 4) is 0 Å². The van der Waals surface area contributed by atoms with Crippen molar-refractivity contribution in [2.75, 3.05) is 0 Å². The number of aromatic nitrogens is 2. The van der Waals surface area contributed by atoms with E-state index in [1.807, 2.05) is 0 Å². The summed E-state index contributed by atoms with van der Waals surface area (Å²) in [7, 11) is 0. The molecule has 0 amide bonds. The van der Waals surface area contributed by atoms with Crippen LogP contribution in [0.4, 0.5) is 0 Å². The molecule has 1 heterocycles. The number of carbonyl (C=O) groups is 1. The van der Waals surface area contributed by atoms with E-state index in [1.165, 1.54) is 0 Å². The van der Waals surface area contributed by atoms with Crippen molar-refractivity contribution in [2.45, 2.75) is 25.7 Å². The van der Waals surface area contributed by atoms with Gasteiger partial charge in [0.1, 0.15) is 6.29 Å². The molecule has 0 N–H and O–H groups in total. The van der Waals surface area contributed by atoms with Gasteiger partial charge < -0.3 is 4.79 Å². The van der Waals surface area contributed by atoms with Gasteiger partial charge in [0.25, 0.3) is 0 Å². The number of aryl methyl sites for hydroxylation is 1. The Morgan fingerprint density at radius 1 is 1.33 bits per heavy atom. The number of hydrogen-bond acceptors (Lipinski definition) is 3. The number of rotatable bonds is 5. The predicted octanol–water partition coefficient (Wildman–Crippen LogP) is 1.39. The highest BCUT2D eigenvalue weighted by molar-refractivity contribution is 5.48. The van der Waals surface area contributed by atoms with E-state index in [2.05, 4.69) is 9.97 Å². The molecule has 0 unspecified atom stereocenters. The quantitative estimate of drug-likeness (QED) is 0.488. The minimum absolute atomic E-state index is 0.653. The highest BCUT2D eigenvalue weighted by atomic mass is 16.1. The number of hydrogen-bond donors (Lipinski definition) is 0. The molecule has 0 spiro atoms. The van der Waals surface area contributed by atoms with Crippen molar-refractivity contribution in [1.82, 2.24) is 9.97 Å². The summed E-state index contributed by atoms with van der Waals surface area (Å²) in [5.41, 5.74) is 1.00. The molecule has 1 aromatic rings. The number of carbonyl (C=O) groups excluding carboxylic acids is 1. The third-order valence-corrected chi connectivity index (χ3v) is 1.62. The van der Waals surface area contributed by atoms with Crippen LogP contribution in [0.2, 0.25) is 0 Å². The Bertz CT molecular complexity index is 223. The largest absolute Gasteiger partial charge is 0.303 e. The molecule has 0 aromatic carbocycles.